The number of benzene rings is 1. The zero-order valence-electron chi connectivity index (χ0n) is 12.6. The van der Waals surface area contributed by atoms with Crippen LogP contribution in [0.5, 0.6) is 0 Å². The van der Waals surface area contributed by atoms with Crippen molar-refractivity contribution in [2.24, 2.45) is 0 Å². The number of nitrogens with zero attached hydrogens (tertiary/aromatic N) is 1. The predicted molar refractivity (Wildman–Crippen MR) is 76.5 cm³/mol. The molecule has 1 rings (SSSR count). The van der Waals surface area contributed by atoms with Gasteiger partial charge in [0.25, 0.3) is 0 Å². The van der Waals surface area contributed by atoms with Crippen LogP contribution in [-0.4, -0.2) is 24.7 Å². The zero-order valence-corrected chi connectivity index (χ0v) is 12.6. The van der Waals surface area contributed by atoms with Crippen LogP contribution in [0.15, 0.2) is 24.3 Å². The first-order valence-corrected chi connectivity index (χ1v) is 6.38. The van der Waals surface area contributed by atoms with Crippen molar-refractivity contribution in [3.63, 3.8) is 0 Å². The molecule has 5 nitrogen and oxygen atoms in total. The Bertz CT molecular complexity index is 491. The normalized spacial score (nSPS) is 10.8. The summed E-state index contributed by atoms with van der Waals surface area (Å²) in [5.74, 6) is -0.361. The first kappa shape index (κ1) is 16.0. The number of carbonyl (C=O) groups is 2. The highest BCUT2D eigenvalue weighted by Crippen LogP contribution is 2.22. The largest absolute Gasteiger partial charge is 0.461 e. The average molecular weight is 279 g/mol. The third-order valence-corrected chi connectivity index (χ3v) is 2.45. The number of para-hydroxylation sites is 1. The first-order valence-electron chi connectivity index (χ1n) is 6.38. The quantitative estimate of drug-likeness (QED) is 0.798. The second-order valence-electron chi connectivity index (χ2n) is 5.45. The monoisotopic (exact) mass is 279 g/mol. The molecule has 20 heavy (non-hydrogen) atoms. The molecule has 1 amide bonds. The van der Waals surface area contributed by atoms with Crippen LogP contribution in [0.3, 0.4) is 0 Å². The second kappa shape index (κ2) is 6.41. The number of hydrogen-bond donors (Lipinski definition) is 0. The molecule has 0 heterocycles. The molecule has 1 aromatic carbocycles. The molecule has 0 bridgehead atoms. The van der Waals surface area contributed by atoms with E-state index in [4.69, 9.17) is 9.47 Å². The van der Waals surface area contributed by atoms with Crippen molar-refractivity contribution in [1.82, 2.24) is 0 Å². The van der Waals surface area contributed by atoms with E-state index in [-0.39, 0.29) is 12.6 Å². The number of carbonyl (C=O) groups excluding carboxylic acids is 2. The highest BCUT2D eigenvalue weighted by Gasteiger charge is 2.22. The Morgan fingerprint density at radius 2 is 1.80 bits per heavy atom. The Balaban J connectivity index is 2.89. The Hall–Kier alpha value is -2.04. The topological polar surface area (TPSA) is 55.8 Å². The van der Waals surface area contributed by atoms with Gasteiger partial charge in [-0.3, -0.25) is 9.69 Å². The lowest BCUT2D eigenvalue weighted by atomic mass is 10.1. The van der Waals surface area contributed by atoms with Gasteiger partial charge in [-0.1, -0.05) is 18.2 Å². The molecule has 110 valence electrons. The van der Waals surface area contributed by atoms with Gasteiger partial charge >= 0.3 is 12.1 Å². The number of rotatable bonds is 3. The molecule has 0 radical (unpaired) electrons. The molecule has 0 saturated carbocycles. The lowest BCUT2D eigenvalue weighted by molar-refractivity contribution is -0.142. The van der Waals surface area contributed by atoms with Crippen molar-refractivity contribution in [3.05, 3.63) is 29.8 Å². The van der Waals surface area contributed by atoms with E-state index >= 15 is 0 Å². The molecule has 0 fully saturated rings. The summed E-state index contributed by atoms with van der Waals surface area (Å²) in [5, 5.41) is 0. The maximum atomic E-state index is 12.0. The number of ether oxygens (including phenoxy) is 2. The van der Waals surface area contributed by atoms with Gasteiger partial charge in [0.05, 0.1) is 5.69 Å². The average Bonchev–Trinajstić information content (AvgIpc) is 2.33. The van der Waals surface area contributed by atoms with Crippen LogP contribution in [0, 0.1) is 0 Å². The molecule has 0 unspecified atom stereocenters. The van der Waals surface area contributed by atoms with Crippen molar-refractivity contribution >= 4 is 17.7 Å². The number of esters is 1. The van der Waals surface area contributed by atoms with E-state index in [1.165, 1.54) is 11.8 Å². The summed E-state index contributed by atoms with van der Waals surface area (Å²) in [6, 6.07) is 7.22. The van der Waals surface area contributed by atoms with Gasteiger partial charge in [-0.05, 0) is 26.8 Å². The van der Waals surface area contributed by atoms with Crippen LogP contribution in [0.2, 0.25) is 0 Å². The van der Waals surface area contributed by atoms with Gasteiger partial charge in [-0.15, -0.1) is 0 Å². The summed E-state index contributed by atoms with van der Waals surface area (Å²) in [6.07, 6.45) is -0.451. The third-order valence-electron chi connectivity index (χ3n) is 2.45. The van der Waals surface area contributed by atoms with E-state index in [9.17, 15) is 9.59 Å². The molecule has 0 atom stereocenters. The lowest BCUT2D eigenvalue weighted by Crippen LogP contribution is -2.34. The van der Waals surface area contributed by atoms with E-state index in [1.807, 2.05) is 32.9 Å². The fraction of sp³-hybridized carbons (Fsp3) is 0.467. The van der Waals surface area contributed by atoms with Gasteiger partial charge in [-0.2, -0.15) is 0 Å². The van der Waals surface area contributed by atoms with E-state index < -0.39 is 11.7 Å². The molecule has 1 aromatic rings. The molecule has 0 aromatic heterocycles. The van der Waals surface area contributed by atoms with Crippen LogP contribution in [-0.2, 0) is 20.9 Å². The van der Waals surface area contributed by atoms with E-state index in [0.29, 0.717) is 5.69 Å². The number of hydrogen-bond acceptors (Lipinski definition) is 4. The molecule has 0 aliphatic carbocycles. The molecular formula is C15H21NO4. The Morgan fingerprint density at radius 3 is 2.35 bits per heavy atom. The summed E-state index contributed by atoms with van der Waals surface area (Å²) in [4.78, 5) is 24.3. The van der Waals surface area contributed by atoms with Gasteiger partial charge in [0.2, 0.25) is 0 Å². The SMILES string of the molecule is CC(=O)OCc1ccccc1N(C)C(=O)OC(C)(C)C. The summed E-state index contributed by atoms with van der Waals surface area (Å²) in [6.45, 7) is 6.90. The fourth-order valence-electron chi connectivity index (χ4n) is 1.57. The summed E-state index contributed by atoms with van der Waals surface area (Å²) < 4.78 is 10.3. The molecule has 5 heteroatoms. The first-order chi connectivity index (χ1) is 9.20. The standard InChI is InChI=1S/C15H21NO4/c1-11(17)19-10-12-8-6-7-9-13(12)16(5)14(18)20-15(2,3)4/h6-9H,10H2,1-5H3. The van der Waals surface area contributed by atoms with Gasteiger partial charge < -0.3 is 9.47 Å². The highest BCUT2D eigenvalue weighted by molar-refractivity contribution is 5.88. The van der Waals surface area contributed by atoms with Gasteiger partial charge in [0.15, 0.2) is 0 Å². The molecule has 0 N–H and O–H groups in total. The molecular weight excluding hydrogens is 258 g/mol. The Kier molecular flexibility index (Phi) is 5.13. The van der Waals surface area contributed by atoms with Gasteiger partial charge in [-0.25, -0.2) is 4.79 Å². The minimum Gasteiger partial charge on any atom is -0.461 e. The van der Waals surface area contributed by atoms with Crippen LogP contribution < -0.4 is 4.90 Å². The van der Waals surface area contributed by atoms with Gasteiger partial charge in [0.1, 0.15) is 12.2 Å². The Morgan fingerprint density at radius 1 is 1.20 bits per heavy atom. The van der Waals surface area contributed by atoms with Crippen molar-refractivity contribution in [3.8, 4) is 0 Å². The maximum absolute atomic E-state index is 12.0. The number of amides is 1. The summed E-state index contributed by atoms with van der Waals surface area (Å²) in [7, 11) is 1.63. The summed E-state index contributed by atoms with van der Waals surface area (Å²) >= 11 is 0. The lowest BCUT2D eigenvalue weighted by Gasteiger charge is -2.25. The maximum Gasteiger partial charge on any atom is 0.414 e. The van der Waals surface area contributed by atoms with Crippen molar-refractivity contribution in [2.45, 2.75) is 39.9 Å². The number of anilines is 1. The molecule has 0 aliphatic heterocycles. The second-order valence-corrected chi connectivity index (χ2v) is 5.45. The highest BCUT2D eigenvalue weighted by atomic mass is 16.6. The zero-order chi connectivity index (χ0) is 15.3. The van der Waals surface area contributed by atoms with Crippen LogP contribution in [0.25, 0.3) is 0 Å². The smallest absolute Gasteiger partial charge is 0.414 e. The van der Waals surface area contributed by atoms with Crippen LogP contribution in [0.1, 0.15) is 33.3 Å². The third kappa shape index (κ3) is 4.91. The van der Waals surface area contributed by atoms with E-state index in [2.05, 4.69) is 0 Å². The molecule has 0 spiro atoms. The van der Waals surface area contributed by atoms with E-state index in [1.54, 1.807) is 19.2 Å². The van der Waals surface area contributed by atoms with Crippen molar-refractivity contribution < 1.29 is 19.1 Å². The Labute approximate surface area is 119 Å². The van der Waals surface area contributed by atoms with Crippen LogP contribution in [0.4, 0.5) is 10.5 Å². The minimum absolute atomic E-state index is 0.124. The van der Waals surface area contributed by atoms with Gasteiger partial charge in [0, 0.05) is 19.5 Å². The summed E-state index contributed by atoms with van der Waals surface area (Å²) in [5.41, 5.74) is 0.843. The van der Waals surface area contributed by atoms with E-state index in [0.717, 1.165) is 5.56 Å². The fourth-order valence-corrected chi connectivity index (χ4v) is 1.57. The predicted octanol–water partition coefficient (Wildman–Crippen LogP) is 3.12. The molecule has 0 saturated heterocycles. The van der Waals surface area contributed by atoms with Crippen molar-refractivity contribution in [2.75, 3.05) is 11.9 Å². The van der Waals surface area contributed by atoms with Crippen LogP contribution >= 0.6 is 0 Å². The minimum atomic E-state index is -0.559. The van der Waals surface area contributed by atoms with Crippen molar-refractivity contribution in [1.29, 1.82) is 0 Å². The molecule has 0 aliphatic rings.